The summed E-state index contributed by atoms with van der Waals surface area (Å²) in [5.41, 5.74) is 1.33. The number of allylic oxidation sites excluding steroid dienone is 3. The Kier molecular flexibility index (Phi) is 3.90. The van der Waals surface area contributed by atoms with Gasteiger partial charge in [-0.3, -0.25) is 4.99 Å². The quantitative estimate of drug-likeness (QED) is 0.322. The third-order valence-corrected chi connectivity index (χ3v) is 1.02. The molecule has 0 aromatic carbocycles. The van der Waals surface area contributed by atoms with E-state index in [1.165, 1.54) is 0 Å². The Labute approximate surface area is 61.2 Å². The molecule has 0 amide bonds. The second-order valence-electron chi connectivity index (χ2n) is 1.84. The maximum Gasteiger partial charge on any atom is 0.0985 e. The molecular weight excluding hydrogens is 124 g/mol. The zero-order chi connectivity index (χ0) is 7.98. The number of hydrogen-bond acceptors (Lipinski definition) is 2. The van der Waals surface area contributed by atoms with Crippen LogP contribution in [0.5, 0.6) is 0 Å². The lowest BCUT2D eigenvalue weighted by molar-refractivity contribution is 1.43. The maximum absolute atomic E-state index is 8.28. The maximum atomic E-state index is 8.28. The highest BCUT2D eigenvalue weighted by Gasteiger charge is 1.81. The predicted molar refractivity (Wildman–Crippen MR) is 42.9 cm³/mol. The van der Waals surface area contributed by atoms with Gasteiger partial charge < -0.3 is 0 Å². The van der Waals surface area contributed by atoms with Gasteiger partial charge in [-0.2, -0.15) is 5.26 Å². The lowest BCUT2D eigenvalue weighted by atomic mass is 10.3. The van der Waals surface area contributed by atoms with Gasteiger partial charge >= 0.3 is 0 Å². The topological polar surface area (TPSA) is 36.1 Å². The van der Waals surface area contributed by atoms with Crippen molar-refractivity contribution in [3.05, 3.63) is 24.3 Å². The Morgan fingerprint density at radius 1 is 1.60 bits per heavy atom. The number of rotatable bonds is 2. The molecule has 0 aliphatic carbocycles. The van der Waals surface area contributed by atoms with Crippen LogP contribution in [0.3, 0.4) is 0 Å². The number of nitrogens with zero attached hydrogens (tertiary/aromatic N) is 2. The molecule has 0 saturated heterocycles. The monoisotopic (exact) mass is 134 g/mol. The smallest absolute Gasteiger partial charge is 0.0985 e. The SMILES string of the molecule is C=C(C#N)/C=C\C(C)=N/C. The van der Waals surface area contributed by atoms with Crippen molar-refractivity contribution in [3.63, 3.8) is 0 Å². The van der Waals surface area contributed by atoms with E-state index in [4.69, 9.17) is 5.26 Å². The molecule has 2 heteroatoms. The Hall–Kier alpha value is -1.36. The van der Waals surface area contributed by atoms with Gasteiger partial charge in [0.05, 0.1) is 6.07 Å². The molecule has 0 saturated carbocycles. The van der Waals surface area contributed by atoms with Crippen molar-refractivity contribution in [1.82, 2.24) is 0 Å². The van der Waals surface area contributed by atoms with Crippen molar-refractivity contribution in [2.24, 2.45) is 4.99 Å². The van der Waals surface area contributed by atoms with Crippen molar-refractivity contribution >= 4 is 5.71 Å². The minimum atomic E-state index is 0.447. The Balaban J connectivity index is 4.04. The van der Waals surface area contributed by atoms with E-state index in [1.807, 2.05) is 13.0 Å². The molecular formula is C8H10N2. The molecule has 0 atom stereocenters. The van der Waals surface area contributed by atoms with Crippen molar-refractivity contribution in [3.8, 4) is 6.07 Å². The minimum absolute atomic E-state index is 0.447. The van der Waals surface area contributed by atoms with Crippen LogP contribution in [0.2, 0.25) is 0 Å². The summed E-state index contributed by atoms with van der Waals surface area (Å²) in [6, 6.07) is 1.91. The highest BCUT2D eigenvalue weighted by Crippen LogP contribution is 1.89. The van der Waals surface area contributed by atoms with Crippen LogP contribution >= 0.6 is 0 Å². The Bertz CT molecular complexity index is 216. The third-order valence-electron chi connectivity index (χ3n) is 1.02. The summed E-state index contributed by atoms with van der Waals surface area (Å²) in [5, 5.41) is 8.28. The molecule has 0 aromatic heterocycles. The summed E-state index contributed by atoms with van der Waals surface area (Å²) in [6.45, 7) is 5.34. The number of nitriles is 1. The van der Waals surface area contributed by atoms with E-state index < -0.39 is 0 Å². The van der Waals surface area contributed by atoms with Crippen molar-refractivity contribution in [2.75, 3.05) is 7.05 Å². The zero-order valence-corrected chi connectivity index (χ0v) is 6.26. The van der Waals surface area contributed by atoms with Gasteiger partial charge in [0.1, 0.15) is 0 Å². The van der Waals surface area contributed by atoms with Gasteiger partial charge in [-0.05, 0) is 19.1 Å². The van der Waals surface area contributed by atoms with Gasteiger partial charge in [0, 0.05) is 18.3 Å². The predicted octanol–water partition coefficient (Wildman–Crippen LogP) is 1.71. The summed E-state index contributed by atoms with van der Waals surface area (Å²) < 4.78 is 0. The molecule has 2 nitrogen and oxygen atoms in total. The second kappa shape index (κ2) is 4.51. The molecule has 0 fully saturated rings. The van der Waals surface area contributed by atoms with Gasteiger partial charge in [0.2, 0.25) is 0 Å². The summed E-state index contributed by atoms with van der Waals surface area (Å²) in [7, 11) is 1.70. The van der Waals surface area contributed by atoms with E-state index >= 15 is 0 Å². The number of aliphatic imine (C=N–C) groups is 1. The Morgan fingerprint density at radius 3 is 2.60 bits per heavy atom. The summed E-state index contributed by atoms with van der Waals surface area (Å²) in [4.78, 5) is 3.87. The first-order valence-electron chi connectivity index (χ1n) is 2.91. The van der Waals surface area contributed by atoms with Gasteiger partial charge in [0.15, 0.2) is 0 Å². The normalized spacial score (nSPS) is 11.5. The van der Waals surface area contributed by atoms with Crippen LogP contribution in [0.4, 0.5) is 0 Å². The molecule has 0 bridgehead atoms. The first-order chi connectivity index (χ1) is 4.70. The van der Waals surface area contributed by atoms with E-state index in [-0.39, 0.29) is 0 Å². The minimum Gasteiger partial charge on any atom is -0.293 e. The third kappa shape index (κ3) is 3.62. The number of hydrogen-bond donors (Lipinski definition) is 0. The molecule has 0 aliphatic rings. The van der Waals surface area contributed by atoms with Crippen molar-refractivity contribution < 1.29 is 0 Å². The van der Waals surface area contributed by atoms with Crippen LogP contribution in [0, 0.1) is 11.3 Å². The van der Waals surface area contributed by atoms with E-state index in [0.29, 0.717) is 5.57 Å². The molecule has 0 heterocycles. The summed E-state index contributed by atoms with van der Waals surface area (Å²) >= 11 is 0. The van der Waals surface area contributed by atoms with Gasteiger partial charge in [-0.15, -0.1) is 0 Å². The fourth-order valence-electron chi connectivity index (χ4n) is 0.333. The molecule has 52 valence electrons. The van der Waals surface area contributed by atoms with Gasteiger partial charge in [-0.1, -0.05) is 6.58 Å². The van der Waals surface area contributed by atoms with E-state index in [2.05, 4.69) is 11.6 Å². The molecule has 0 N–H and O–H groups in total. The van der Waals surface area contributed by atoms with Crippen LogP contribution in [0.15, 0.2) is 29.3 Å². The van der Waals surface area contributed by atoms with Crippen LogP contribution in [-0.2, 0) is 0 Å². The summed E-state index contributed by atoms with van der Waals surface area (Å²) in [5.74, 6) is 0. The zero-order valence-electron chi connectivity index (χ0n) is 6.26. The average molecular weight is 134 g/mol. The fraction of sp³-hybridized carbons (Fsp3) is 0.250. The largest absolute Gasteiger partial charge is 0.293 e. The van der Waals surface area contributed by atoms with E-state index in [1.54, 1.807) is 19.2 Å². The van der Waals surface area contributed by atoms with Crippen molar-refractivity contribution in [1.29, 1.82) is 5.26 Å². The molecule has 10 heavy (non-hydrogen) atoms. The average Bonchev–Trinajstić information content (AvgIpc) is 1.99. The first-order valence-corrected chi connectivity index (χ1v) is 2.91. The molecule has 0 spiro atoms. The lowest BCUT2D eigenvalue weighted by Crippen LogP contribution is -1.82. The lowest BCUT2D eigenvalue weighted by Gasteiger charge is -1.84. The second-order valence-corrected chi connectivity index (χ2v) is 1.84. The fourth-order valence-corrected chi connectivity index (χ4v) is 0.333. The highest BCUT2D eigenvalue weighted by atomic mass is 14.7. The molecule has 0 aliphatic heterocycles. The van der Waals surface area contributed by atoms with Crippen LogP contribution < -0.4 is 0 Å². The van der Waals surface area contributed by atoms with Crippen molar-refractivity contribution in [2.45, 2.75) is 6.92 Å². The molecule has 0 rings (SSSR count). The standard InChI is InChI=1S/C8H10N2/c1-7(6-9)4-5-8(2)10-3/h4-5H,1H2,2-3H3/b5-4-,10-8-. The molecule has 0 unspecified atom stereocenters. The highest BCUT2D eigenvalue weighted by molar-refractivity contribution is 5.93. The van der Waals surface area contributed by atoms with Gasteiger partial charge in [-0.25, -0.2) is 0 Å². The van der Waals surface area contributed by atoms with Crippen LogP contribution in [0.25, 0.3) is 0 Å². The molecule has 0 aromatic rings. The van der Waals surface area contributed by atoms with E-state index in [9.17, 15) is 0 Å². The first kappa shape index (κ1) is 8.64. The van der Waals surface area contributed by atoms with Crippen LogP contribution in [0.1, 0.15) is 6.92 Å². The summed E-state index contributed by atoms with van der Waals surface area (Å²) in [6.07, 6.45) is 3.40. The Morgan fingerprint density at radius 2 is 2.20 bits per heavy atom. The van der Waals surface area contributed by atoms with Gasteiger partial charge in [0.25, 0.3) is 0 Å². The van der Waals surface area contributed by atoms with E-state index in [0.717, 1.165) is 5.71 Å². The molecule has 0 radical (unpaired) electrons. The van der Waals surface area contributed by atoms with Crippen LogP contribution in [-0.4, -0.2) is 12.8 Å².